The summed E-state index contributed by atoms with van der Waals surface area (Å²) in [6.07, 6.45) is 1.53. The fraction of sp³-hybridized carbons (Fsp3) is 0.125. The first-order valence-electron chi connectivity index (χ1n) is 8.03. The zero-order chi connectivity index (χ0) is 20.3. The third-order valence-corrected chi connectivity index (χ3v) is 4.07. The van der Waals surface area contributed by atoms with Gasteiger partial charge in [0.1, 0.15) is 5.69 Å². The average molecular weight is 404 g/mol. The molecule has 28 heavy (non-hydrogen) atoms. The minimum absolute atomic E-state index is 0.311. The Morgan fingerprint density at radius 3 is 2.54 bits per heavy atom. The van der Waals surface area contributed by atoms with E-state index in [-0.39, 0.29) is 16.6 Å². The van der Waals surface area contributed by atoms with E-state index >= 15 is 0 Å². The van der Waals surface area contributed by atoms with E-state index in [1.807, 2.05) is 6.92 Å². The summed E-state index contributed by atoms with van der Waals surface area (Å²) in [5.41, 5.74) is 0.862. The number of nitrogens with one attached hydrogen (secondary N) is 3. The molecule has 0 aliphatic heterocycles. The van der Waals surface area contributed by atoms with Gasteiger partial charge in [0.2, 0.25) is 0 Å². The number of nitrogens with zero attached hydrogens (tertiary/aromatic N) is 4. The highest BCUT2D eigenvalue weighted by Gasteiger charge is 2.25. The van der Waals surface area contributed by atoms with Crippen LogP contribution in [0.2, 0.25) is 5.02 Å². The first-order chi connectivity index (χ1) is 13.4. The van der Waals surface area contributed by atoms with Gasteiger partial charge in [-0.05, 0) is 36.1 Å². The van der Waals surface area contributed by atoms with E-state index in [0.717, 1.165) is 0 Å². The van der Waals surface area contributed by atoms with Gasteiger partial charge in [0.05, 0.1) is 0 Å². The van der Waals surface area contributed by atoms with Gasteiger partial charge in [0.15, 0.2) is 10.7 Å². The van der Waals surface area contributed by atoms with Gasteiger partial charge in [-0.25, -0.2) is 0 Å². The molecule has 0 unspecified atom stereocenters. The van der Waals surface area contributed by atoms with Crippen molar-refractivity contribution >= 4 is 40.6 Å². The SMILES string of the molecule is CCn1nccc1C(=O)Nc1cccc(NC(=O)c2n[nH]c([N+](=O)[O-])c2Cl)c1. The lowest BCUT2D eigenvalue weighted by atomic mass is 10.2. The summed E-state index contributed by atoms with van der Waals surface area (Å²) in [7, 11) is 0. The number of anilines is 2. The Bertz CT molecular complexity index is 1060. The summed E-state index contributed by atoms with van der Waals surface area (Å²) < 4.78 is 1.55. The molecular formula is C16H14ClN7O4. The van der Waals surface area contributed by atoms with E-state index in [2.05, 4.69) is 25.9 Å². The number of rotatable bonds is 6. The third kappa shape index (κ3) is 3.83. The highest BCUT2D eigenvalue weighted by molar-refractivity contribution is 6.35. The molecule has 2 heterocycles. The molecule has 3 aromatic rings. The van der Waals surface area contributed by atoms with E-state index in [1.54, 1.807) is 28.9 Å². The monoisotopic (exact) mass is 403 g/mol. The summed E-state index contributed by atoms with van der Waals surface area (Å²) in [4.78, 5) is 34.6. The summed E-state index contributed by atoms with van der Waals surface area (Å²) in [6, 6.07) is 7.97. The standard InChI is InChI=1S/C16H14ClN7O4/c1-2-23-11(6-7-18-23)15(25)19-9-4-3-5-10(8-9)20-16(26)13-12(17)14(22-21-13)24(27)28/h3-8H,2H2,1H3,(H,19,25)(H,20,26)(H,21,22). The molecule has 0 aliphatic rings. The quantitative estimate of drug-likeness (QED) is 0.425. The number of benzene rings is 1. The maximum Gasteiger partial charge on any atom is 0.362 e. The molecule has 0 aliphatic carbocycles. The third-order valence-electron chi connectivity index (χ3n) is 3.71. The molecule has 2 amide bonds. The molecule has 3 rings (SSSR count). The molecule has 3 N–H and O–H groups in total. The van der Waals surface area contributed by atoms with Crippen LogP contribution in [0.15, 0.2) is 36.5 Å². The second-order valence-corrected chi connectivity index (χ2v) is 5.89. The summed E-state index contributed by atoms with van der Waals surface area (Å²) in [5.74, 6) is -1.66. The van der Waals surface area contributed by atoms with E-state index in [1.165, 1.54) is 12.3 Å². The number of H-pyrrole nitrogens is 1. The van der Waals surface area contributed by atoms with Gasteiger partial charge in [-0.15, -0.1) is 5.10 Å². The van der Waals surface area contributed by atoms with Crippen molar-refractivity contribution in [1.29, 1.82) is 0 Å². The van der Waals surface area contributed by atoms with E-state index in [9.17, 15) is 19.7 Å². The first kappa shape index (κ1) is 19.0. The molecule has 2 aromatic heterocycles. The fourth-order valence-electron chi connectivity index (χ4n) is 2.43. The van der Waals surface area contributed by atoms with Crippen molar-refractivity contribution in [3.05, 3.63) is 63.1 Å². The predicted octanol–water partition coefficient (Wildman–Crippen LogP) is 2.69. The van der Waals surface area contributed by atoms with Gasteiger partial charge in [0, 0.05) is 24.1 Å². The summed E-state index contributed by atoms with van der Waals surface area (Å²) >= 11 is 5.80. The number of nitro groups is 1. The molecule has 0 spiro atoms. The van der Waals surface area contributed by atoms with Crippen molar-refractivity contribution in [2.45, 2.75) is 13.5 Å². The number of aromatic nitrogens is 4. The van der Waals surface area contributed by atoms with Crippen LogP contribution in [0.1, 0.15) is 27.9 Å². The molecule has 0 atom stereocenters. The highest BCUT2D eigenvalue weighted by atomic mass is 35.5. The van der Waals surface area contributed by atoms with Crippen molar-refractivity contribution in [2.75, 3.05) is 10.6 Å². The highest BCUT2D eigenvalue weighted by Crippen LogP contribution is 2.26. The number of carbonyl (C=O) groups excluding carboxylic acids is 2. The van der Waals surface area contributed by atoms with Crippen LogP contribution >= 0.6 is 11.6 Å². The summed E-state index contributed by atoms with van der Waals surface area (Å²) in [6.45, 7) is 2.41. The normalized spacial score (nSPS) is 10.5. The molecule has 1 aromatic carbocycles. The maximum atomic E-state index is 12.4. The van der Waals surface area contributed by atoms with Gasteiger partial charge in [-0.1, -0.05) is 22.8 Å². The minimum atomic E-state index is -0.775. The Morgan fingerprint density at radius 1 is 1.25 bits per heavy atom. The fourth-order valence-corrected chi connectivity index (χ4v) is 2.67. The average Bonchev–Trinajstić information content (AvgIpc) is 3.28. The number of aromatic amines is 1. The zero-order valence-electron chi connectivity index (χ0n) is 14.5. The Kier molecular flexibility index (Phi) is 5.36. The van der Waals surface area contributed by atoms with Crippen molar-refractivity contribution in [2.24, 2.45) is 0 Å². The predicted molar refractivity (Wildman–Crippen MR) is 101 cm³/mol. The summed E-state index contributed by atoms with van der Waals surface area (Å²) in [5, 5.41) is 25.3. The van der Waals surface area contributed by atoms with Gasteiger partial charge in [-0.2, -0.15) is 5.10 Å². The zero-order valence-corrected chi connectivity index (χ0v) is 15.2. The molecule has 11 nitrogen and oxygen atoms in total. The molecule has 0 radical (unpaired) electrons. The van der Waals surface area contributed by atoms with Crippen LogP contribution < -0.4 is 10.6 Å². The van der Waals surface area contributed by atoms with E-state index in [0.29, 0.717) is 23.6 Å². The van der Waals surface area contributed by atoms with Crippen LogP contribution in [0, 0.1) is 10.1 Å². The minimum Gasteiger partial charge on any atom is -0.358 e. The Hall–Kier alpha value is -3.73. The lowest BCUT2D eigenvalue weighted by Crippen LogP contribution is -2.17. The van der Waals surface area contributed by atoms with Crippen molar-refractivity contribution in [3.8, 4) is 0 Å². The van der Waals surface area contributed by atoms with Gasteiger partial charge in [-0.3, -0.25) is 14.3 Å². The molecule has 0 fully saturated rings. The van der Waals surface area contributed by atoms with Gasteiger partial charge < -0.3 is 20.7 Å². The maximum absolute atomic E-state index is 12.4. The Morgan fingerprint density at radius 2 is 1.93 bits per heavy atom. The molecule has 0 bridgehead atoms. The van der Waals surface area contributed by atoms with Crippen LogP contribution in [0.25, 0.3) is 0 Å². The molecule has 144 valence electrons. The Balaban J connectivity index is 1.74. The van der Waals surface area contributed by atoms with Crippen molar-refractivity contribution < 1.29 is 14.5 Å². The number of halogens is 1. The first-order valence-corrected chi connectivity index (χ1v) is 8.41. The largest absolute Gasteiger partial charge is 0.362 e. The van der Waals surface area contributed by atoms with E-state index < -0.39 is 16.6 Å². The van der Waals surface area contributed by atoms with Crippen molar-refractivity contribution in [1.82, 2.24) is 20.0 Å². The number of amides is 2. The lowest BCUT2D eigenvalue weighted by Gasteiger charge is -2.09. The molecule has 0 saturated carbocycles. The number of carbonyl (C=O) groups is 2. The molecule has 12 heteroatoms. The topological polar surface area (TPSA) is 148 Å². The second kappa shape index (κ2) is 7.88. The molecule has 0 saturated heterocycles. The van der Waals surface area contributed by atoms with Crippen LogP contribution in [0.4, 0.5) is 17.2 Å². The Labute approximate surface area is 162 Å². The lowest BCUT2D eigenvalue weighted by molar-refractivity contribution is -0.389. The second-order valence-electron chi connectivity index (χ2n) is 5.51. The number of hydrogen-bond donors (Lipinski definition) is 3. The number of hydrogen-bond acceptors (Lipinski definition) is 6. The van der Waals surface area contributed by atoms with Gasteiger partial charge in [0.25, 0.3) is 11.8 Å². The van der Waals surface area contributed by atoms with Crippen LogP contribution in [-0.2, 0) is 6.54 Å². The van der Waals surface area contributed by atoms with Crippen LogP contribution in [0.5, 0.6) is 0 Å². The van der Waals surface area contributed by atoms with Crippen LogP contribution in [-0.4, -0.2) is 36.7 Å². The van der Waals surface area contributed by atoms with Gasteiger partial charge >= 0.3 is 5.82 Å². The van der Waals surface area contributed by atoms with Crippen LogP contribution in [0.3, 0.4) is 0 Å². The van der Waals surface area contributed by atoms with E-state index in [4.69, 9.17) is 11.6 Å². The smallest absolute Gasteiger partial charge is 0.358 e. The molecular weight excluding hydrogens is 390 g/mol. The number of aryl methyl sites for hydroxylation is 1. The van der Waals surface area contributed by atoms with Crippen molar-refractivity contribution in [3.63, 3.8) is 0 Å².